The van der Waals surface area contributed by atoms with E-state index in [4.69, 9.17) is 14.9 Å². The molecule has 0 atom stereocenters. The van der Waals surface area contributed by atoms with Crippen molar-refractivity contribution in [2.75, 3.05) is 31.2 Å². The summed E-state index contributed by atoms with van der Waals surface area (Å²) in [5, 5.41) is 17.8. The van der Waals surface area contributed by atoms with Crippen molar-refractivity contribution in [1.82, 2.24) is 4.90 Å². The van der Waals surface area contributed by atoms with E-state index in [2.05, 4.69) is 0 Å². The SMILES string of the molecule is CCOc1cc2c(c(F)c1OCC)C(=N)N(CC(=O)c1ccc3c(c1)C(C)(C)CC(=O)N3CC(=O)O)C2. The van der Waals surface area contributed by atoms with Crippen molar-refractivity contribution in [1.29, 1.82) is 5.41 Å². The first kappa shape index (κ1) is 26.1. The second-order valence-corrected chi connectivity index (χ2v) is 9.71. The van der Waals surface area contributed by atoms with Crippen LogP contribution < -0.4 is 14.4 Å². The van der Waals surface area contributed by atoms with Gasteiger partial charge in [-0.25, -0.2) is 4.39 Å². The summed E-state index contributed by atoms with van der Waals surface area (Å²) in [6, 6.07) is 6.49. The Hall–Kier alpha value is -3.95. The number of benzene rings is 2. The highest BCUT2D eigenvalue weighted by molar-refractivity contribution is 6.07. The van der Waals surface area contributed by atoms with Gasteiger partial charge in [-0.05, 0) is 49.2 Å². The van der Waals surface area contributed by atoms with E-state index in [-0.39, 0.29) is 60.7 Å². The highest BCUT2D eigenvalue weighted by Gasteiger charge is 2.38. The molecule has 37 heavy (non-hydrogen) atoms. The maximum absolute atomic E-state index is 15.3. The summed E-state index contributed by atoms with van der Waals surface area (Å²) in [6.45, 7) is 7.36. The first-order valence-electron chi connectivity index (χ1n) is 12.1. The molecule has 2 heterocycles. The minimum Gasteiger partial charge on any atom is -0.490 e. The normalized spacial score (nSPS) is 15.9. The van der Waals surface area contributed by atoms with Crippen LogP contribution in [0.5, 0.6) is 11.5 Å². The number of nitrogens with one attached hydrogen (secondary N) is 1. The van der Waals surface area contributed by atoms with E-state index in [1.54, 1.807) is 38.1 Å². The third-order valence-corrected chi connectivity index (χ3v) is 6.63. The summed E-state index contributed by atoms with van der Waals surface area (Å²) >= 11 is 0. The van der Waals surface area contributed by atoms with Crippen molar-refractivity contribution >= 4 is 29.2 Å². The Balaban J connectivity index is 1.61. The number of carboxylic acid groups (broad SMARTS) is 1. The molecule has 0 fully saturated rings. The number of fused-ring (bicyclic) bond motifs is 2. The predicted molar refractivity (Wildman–Crippen MR) is 134 cm³/mol. The molecule has 0 bridgehead atoms. The van der Waals surface area contributed by atoms with Gasteiger partial charge < -0.3 is 24.4 Å². The third-order valence-electron chi connectivity index (χ3n) is 6.63. The lowest BCUT2D eigenvalue weighted by Crippen LogP contribution is -2.44. The van der Waals surface area contributed by atoms with Gasteiger partial charge in [0.2, 0.25) is 5.91 Å². The second-order valence-electron chi connectivity index (χ2n) is 9.71. The molecular formula is C27H30FN3O6. The number of hydrogen-bond donors (Lipinski definition) is 2. The van der Waals surface area contributed by atoms with Crippen molar-refractivity contribution in [2.45, 2.75) is 46.1 Å². The van der Waals surface area contributed by atoms with Crippen LogP contribution in [-0.4, -0.2) is 59.8 Å². The molecule has 0 radical (unpaired) electrons. The van der Waals surface area contributed by atoms with Crippen molar-refractivity contribution in [3.05, 3.63) is 52.3 Å². The van der Waals surface area contributed by atoms with Crippen LogP contribution in [0.2, 0.25) is 0 Å². The number of rotatable bonds is 9. The lowest BCUT2D eigenvalue weighted by atomic mass is 9.76. The van der Waals surface area contributed by atoms with Crippen LogP contribution in [0, 0.1) is 11.2 Å². The molecule has 2 aliphatic rings. The Morgan fingerprint density at radius 1 is 1.14 bits per heavy atom. The zero-order valence-corrected chi connectivity index (χ0v) is 21.3. The molecule has 196 valence electrons. The van der Waals surface area contributed by atoms with Gasteiger partial charge in [-0.15, -0.1) is 0 Å². The van der Waals surface area contributed by atoms with Crippen molar-refractivity contribution in [3.8, 4) is 11.5 Å². The molecule has 2 aromatic rings. The molecule has 1 amide bonds. The summed E-state index contributed by atoms with van der Waals surface area (Å²) in [4.78, 5) is 39.9. The molecule has 2 N–H and O–H groups in total. The summed E-state index contributed by atoms with van der Waals surface area (Å²) in [5.74, 6) is -2.27. The maximum atomic E-state index is 15.3. The van der Waals surface area contributed by atoms with Crippen LogP contribution in [0.15, 0.2) is 24.3 Å². The Labute approximate surface area is 214 Å². The fraction of sp³-hybridized carbons (Fsp3) is 0.407. The van der Waals surface area contributed by atoms with E-state index in [1.807, 2.05) is 13.8 Å². The average molecular weight is 512 g/mol. The molecule has 0 spiro atoms. The molecule has 9 nitrogen and oxygen atoms in total. The Bertz CT molecular complexity index is 1310. The average Bonchev–Trinajstić information content (AvgIpc) is 3.13. The van der Waals surface area contributed by atoms with Crippen LogP contribution in [0.4, 0.5) is 10.1 Å². The smallest absolute Gasteiger partial charge is 0.323 e. The zero-order valence-electron chi connectivity index (χ0n) is 21.3. The maximum Gasteiger partial charge on any atom is 0.323 e. The minimum atomic E-state index is -1.13. The number of hydrogen-bond acceptors (Lipinski definition) is 6. The molecule has 2 aromatic carbocycles. The molecule has 2 aliphatic heterocycles. The van der Waals surface area contributed by atoms with Gasteiger partial charge >= 0.3 is 5.97 Å². The van der Waals surface area contributed by atoms with E-state index < -0.39 is 23.7 Å². The number of Topliss-reactive ketones (excluding diaryl/α,β-unsaturated/α-hetero) is 1. The lowest BCUT2D eigenvalue weighted by Gasteiger charge is -2.38. The first-order valence-corrected chi connectivity index (χ1v) is 12.1. The fourth-order valence-corrected chi connectivity index (χ4v) is 4.92. The number of carboxylic acids is 1. The largest absolute Gasteiger partial charge is 0.490 e. The van der Waals surface area contributed by atoms with E-state index in [0.717, 1.165) is 0 Å². The fourth-order valence-electron chi connectivity index (χ4n) is 4.92. The molecule has 10 heteroatoms. The summed E-state index contributed by atoms with van der Waals surface area (Å²) < 4.78 is 26.3. The van der Waals surface area contributed by atoms with Gasteiger partial charge in [-0.2, -0.15) is 0 Å². The van der Waals surface area contributed by atoms with E-state index in [0.29, 0.717) is 29.0 Å². The van der Waals surface area contributed by atoms with Crippen molar-refractivity contribution < 1.29 is 33.4 Å². The van der Waals surface area contributed by atoms with Crippen molar-refractivity contribution in [2.24, 2.45) is 0 Å². The van der Waals surface area contributed by atoms with Gasteiger partial charge in [0.1, 0.15) is 12.4 Å². The highest BCUT2D eigenvalue weighted by atomic mass is 19.1. The van der Waals surface area contributed by atoms with Crippen LogP contribution in [-0.2, 0) is 21.5 Å². The van der Waals surface area contributed by atoms with Gasteiger partial charge in [0, 0.05) is 29.6 Å². The standard InChI is InChI=1S/C27H30FN3O6/c1-5-36-20-10-16-12-30(26(29)23(16)24(28)25(20)37-6-2)13-19(32)15-7-8-18-17(9-15)27(3,4)11-21(33)31(18)14-22(34)35/h7-10,29H,5-6,11-14H2,1-4H3,(H,34,35). The molecule has 0 saturated carbocycles. The summed E-state index contributed by atoms with van der Waals surface area (Å²) in [6.07, 6.45) is 0.112. The molecule has 4 rings (SSSR count). The highest BCUT2D eigenvalue weighted by Crippen LogP contribution is 2.41. The van der Waals surface area contributed by atoms with Crippen LogP contribution >= 0.6 is 0 Å². The van der Waals surface area contributed by atoms with Crippen LogP contribution in [0.1, 0.15) is 61.2 Å². The topological polar surface area (TPSA) is 120 Å². The van der Waals surface area contributed by atoms with Gasteiger partial charge in [0.25, 0.3) is 0 Å². The summed E-state index contributed by atoms with van der Waals surface area (Å²) in [7, 11) is 0. The van der Waals surface area contributed by atoms with E-state index in [1.165, 1.54) is 9.80 Å². The van der Waals surface area contributed by atoms with Gasteiger partial charge in [-0.3, -0.25) is 19.8 Å². The molecule has 0 saturated heterocycles. The summed E-state index contributed by atoms with van der Waals surface area (Å²) in [5.41, 5.74) is 1.57. The molecular weight excluding hydrogens is 481 g/mol. The number of amidine groups is 1. The number of nitrogens with zero attached hydrogens (tertiary/aromatic N) is 2. The van der Waals surface area contributed by atoms with Gasteiger partial charge in [0.15, 0.2) is 23.1 Å². The number of carbonyl (C=O) groups excluding carboxylic acids is 2. The van der Waals surface area contributed by atoms with Gasteiger partial charge in [0.05, 0.1) is 25.3 Å². The molecule has 0 aromatic heterocycles. The molecule has 0 aliphatic carbocycles. The predicted octanol–water partition coefficient (Wildman–Crippen LogP) is 3.75. The minimum absolute atomic E-state index is 0.0431. The molecule has 0 unspecified atom stereocenters. The van der Waals surface area contributed by atoms with Crippen molar-refractivity contribution in [3.63, 3.8) is 0 Å². The first-order chi connectivity index (χ1) is 17.5. The Morgan fingerprint density at radius 3 is 2.49 bits per heavy atom. The number of amides is 1. The second kappa shape index (κ2) is 9.84. The Morgan fingerprint density at radius 2 is 1.84 bits per heavy atom. The third kappa shape index (κ3) is 4.75. The van der Waals surface area contributed by atoms with Crippen LogP contribution in [0.3, 0.4) is 0 Å². The van der Waals surface area contributed by atoms with E-state index >= 15 is 4.39 Å². The number of anilines is 1. The number of ether oxygens (including phenoxy) is 2. The van der Waals surface area contributed by atoms with E-state index in [9.17, 15) is 19.5 Å². The number of ketones is 1. The Kier molecular flexibility index (Phi) is 6.94. The number of carbonyl (C=O) groups is 3. The zero-order chi connectivity index (χ0) is 27.1. The monoisotopic (exact) mass is 511 g/mol. The quantitative estimate of drug-likeness (QED) is 0.492. The number of halogens is 1. The number of aliphatic carboxylic acids is 1. The lowest BCUT2D eigenvalue weighted by molar-refractivity contribution is -0.137. The van der Waals surface area contributed by atoms with Crippen LogP contribution in [0.25, 0.3) is 0 Å². The van der Waals surface area contributed by atoms with Gasteiger partial charge in [-0.1, -0.05) is 13.8 Å².